The highest BCUT2D eigenvalue weighted by atomic mass is 35.5. The van der Waals surface area contributed by atoms with E-state index >= 15 is 0 Å². The zero-order chi connectivity index (χ0) is 17.0. The standard InChI is InChI=1S/C17H22ClN3O2/c1-11(10-22)8-19-17(23)16-12(2)20-21(13(16)3)9-14-6-4-5-7-15(14)18/h4-7,11,22H,8-10H2,1-3H3,(H,19,23). The molecule has 1 amide bonds. The Kier molecular flexibility index (Phi) is 5.80. The van der Waals surface area contributed by atoms with E-state index in [1.54, 1.807) is 4.68 Å². The second-order valence-electron chi connectivity index (χ2n) is 5.79. The fraction of sp³-hybridized carbons (Fsp3) is 0.412. The molecule has 124 valence electrons. The molecule has 0 saturated carbocycles. The van der Waals surface area contributed by atoms with E-state index in [2.05, 4.69) is 10.4 Å². The lowest BCUT2D eigenvalue weighted by Gasteiger charge is -2.10. The molecule has 0 aliphatic carbocycles. The number of hydrogen-bond acceptors (Lipinski definition) is 3. The number of carbonyl (C=O) groups excluding carboxylic acids is 1. The topological polar surface area (TPSA) is 67.2 Å². The largest absolute Gasteiger partial charge is 0.396 e. The summed E-state index contributed by atoms with van der Waals surface area (Å²) in [4.78, 5) is 12.4. The second kappa shape index (κ2) is 7.62. The van der Waals surface area contributed by atoms with Gasteiger partial charge in [-0.25, -0.2) is 0 Å². The second-order valence-corrected chi connectivity index (χ2v) is 6.20. The lowest BCUT2D eigenvalue weighted by atomic mass is 10.1. The monoisotopic (exact) mass is 335 g/mol. The van der Waals surface area contributed by atoms with E-state index in [1.165, 1.54) is 0 Å². The number of carbonyl (C=O) groups is 1. The van der Waals surface area contributed by atoms with Crippen LogP contribution in [0.5, 0.6) is 0 Å². The molecule has 5 nitrogen and oxygen atoms in total. The van der Waals surface area contributed by atoms with Crippen molar-refractivity contribution in [2.75, 3.05) is 13.2 Å². The van der Waals surface area contributed by atoms with Gasteiger partial charge in [0.05, 0.1) is 17.8 Å². The van der Waals surface area contributed by atoms with Gasteiger partial charge < -0.3 is 10.4 Å². The molecule has 0 bridgehead atoms. The summed E-state index contributed by atoms with van der Waals surface area (Å²) >= 11 is 6.19. The predicted molar refractivity (Wildman–Crippen MR) is 90.8 cm³/mol. The zero-order valence-corrected chi connectivity index (χ0v) is 14.4. The SMILES string of the molecule is Cc1nn(Cc2ccccc2Cl)c(C)c1C(=O)NCC(C)CO. The fourth-order valence-electron chi connectivity index (χ4n) is 2.39. The lowest BCUT2D eigenvalue weighted by Crippen LogP contribution is -2.30. The van der Waals surface area contributed by atoms with Crippen molar-refractivity contribution in [2.45, 2.75) is 27.3 Å². The van der Waals surface area contributed by atoms with Crippen molar-refractivity contribution >= 4 is 17.5 Å². The molecule has 0 fully saturated rings. The van der Waals surface area contributed by atoms with Crippen molar-refractivity contribution in [3.8, 4) is 0 Å². The minimum absolute atomic E-state index is 0.0257. The molecule has 1 aromatic carbocycles. The minimum Gasteiger partial charge on any atom is -0.396 e. The number of aromatic nitrogens is 2. The van der Waals surface area contributed by atoms with E-state index in [-0.39, 0.29) is 18.4 Å². The first-order chi connectivity index (χ1) is 10.9. The van der Waals surface area contributed by atoms with Crippen molar-refractivity contribution in [1.82, 2.24) is 15.1 Å². The van der Waals surface area contributed by atoms with E-state index in [0.717, 1.165) is 11.3 Å². The van der Waals surface area contributed by atoms with Crippen LogP contribution in [0.25, 0.3) is 0 Å². The molecule has 0 saturated heterocycles. The van der Waals surface area contributed by atoms with Gasteiger partial charge in [0.15, 0.2) is 0 Å². The first-order valence-electron chi connectivity index (χ1n) is 7.60. The van der Waals surface area contributed by atoms with Crippen LogP contribution >= 0.6 is 11.6 Å². The summed E-state index contributed by atoms with van der Waals surface area (Å²) in [5.41, 5.74) is 3.03. The third-order valence-electron chi connectivity index (χ3n) is 3.81. The Bertz CT molecular complexity index is 697. The van der Waals surface area contributed by atoms with E-state index in [4.69, 9.17) is 16.7 Å². The summed E-state index contributed by atoms with van der Waals surface area (Å²) in [5.74, 6) is -0.136. The summed E-state index contributed by atoms with van der Waals surface area (Å²) in [6.45, 7) is 6.57. The fourth-order valence-corrected chi connectivity index (χ4v) is 2.58. The van der Waals surface area contributed by atoms with Gasteiger partial charge >= 0.3 is 0 Å². The van der Waals surface area contributed by atoms with Crippen LogP contribution in [0.4, 0.5) is 0 Å². The highest BCUT2D eigenvalue weighted by Crippen LogP contribution is 2.19. The van der Waals surface area contributed by atoms with Crippen molar-refractivity contribution in [3.63, 3.8) is 0 Å². The number of hydrogen-bond donors (Lipinski definition) is 2. The molecule has 0 aliphatic rings. The molecule has 0 radical (unpaired) electrons. The van der Waals surface area contributed by atoms with E-state index in [9.17, 15) is 4.79 Å². The van der Waals surface area contributed by atoms with Crippen LogP contribution in [-0.4, -0.2) is 33.9 Å². The van der Waals surface area contributed by atoms with Gasteiger partial charge in [0.1, 0.15) is 0 Å². The number of nitrogens with one attached hydrogen (secondary N) is 1. The van der Waals surface area contributed by atoms with Gasteiger partial charge in [-0.3, -0.25) is 9.48 Å². The molecule has 1 atom stereocenters. The Morgan fingerprint density at radius 1 is 1.39 bits per heavy atom. The maximum Gasteiger partial charge on any atom is 0.255 e. The molecule has 0 spiro atoms. The van der Waals surface area contributed by atoms with Gasteiger partial charge in [-0.2, -0.15) is 5.10 Å². The maximum atomic E-state index is 12.4. The molecule has 0 aliphatic heterocycles. The van der Waals surface area contributed by atoms with E-state index < -0.39 is 0 Å². The summed E-state index contributed by atoms with van der Waals surface area (Å²) in [6, 6.07) is 7.60. The Hall–Kier alpha value is -1.85. The first-order valence-corrected chi connectivity index (χ1v) is 7.98. The number of aliphatic hydroxyl groups excluding tert-OH is 1. The third kappa shape index (κ3) is 4.12. The smallest absolute Gasteiger partial charge is 0.255 e. The van der Waals surface area contributed by atoms with Gasteiger partial charge in [-0.1, -0.05) is 36.7 Å². The van der Waals surface area contributed by atoms with Crippen molar-refractivity contribution in [3.05, 3.63) is 51.8 Å². The number of aliphatic hydroxyl groups is 1. The highest BCUT2D eigenvalue weighted by molar-refractivity contribution is 6.31. The van der Waals surface area contributed by atoms with Crippen LogP contribution in [-0.2, 0) is 6.54 Å². The molecule has 1 heterocycles. The maximum absolute atomic E-state index is 12.4. The molecule has 2 rings (SSSR count). The average molecular weight is 336 g/mol. The number of aryl methyl sites for hydroxylation is 1. The van der Waals surface area contributed by atoms with Crippen LogP contribution in [0.3, 0.4) is 0 Å². The molecule has 23 heavy (non-hydrogen) atoms. The Morgan fingerprint density at radius 3 is 2.74 bits per heavy atom. The minimum atomic E-state index is -0.161. The Balaban J connectivity index is 2.19. The van der Waals surface area contributed by atoms with E-state index in [1.807, 2.05) is 45.0 Å². The summed E-state index contributed by atoms with van der Waals surface area (Å²) in [7, 11) is 0. The van der Waals surface area contributed by atoms with Gasteiger partial charge in [0, 0.05) is 23.9 Å². The van der Waals surface area contributed by atoms with Gasteiger partial charge in [-0.15, -0.1) is 0 Å². The normalized spacial score (nSPS) is 12.2. The zero-order valence-electron chi connectivity index (χ0n) is 13.6. The highest BCUT2D eigenvalue weighted by Gasteiger charge is 2.19. The molecule has 6 heteroatoms. The summed E-state index contributed by atoms with van der Waals surface area (Å²) < 4.78 is 1.79. The van der Waals surface area contributed by atoms with Crippen LogP contribution in [0, 0.1) is 19.8 Å². The summed E-state index contributed by atoms with van der Waals surface area (Å²) in [5, 5.41) is 17.0. The number of halogens is 1. The third-order valence-corrected chi connectivity index (χ3v) is 4.18. The quantitative estimate of drug-likeness (QED) is 0.852. The van der Waals surface area contributed by atoms with Crippen molar-refractivity contribution in [1.29, 1.82) is 0 Å². The average Bonchev–Trinajstić information content (AvgIpc) is 2.81. The molecule has 1 aromatic heterocycles. The van der Waals surface area contributed by atoms with Crippen LogP contribution < -0.4 is 5.32 Å². The molecular formula is C17H22ClN3O2. The van der Waals surface area contributed by atoms with Crippen molar-refractivity contribution in [2.24, 2.45) is 5.92 Å². The van der Waals surface area contributed by atoms with Crippen LogP contribution in [0.1, 0.15) is 34.2 Å². The first kappa shape index (κ1) is 17.5. The molecule has 2 aromatic rings. The molecule has 2 N–H and O–H groups in total. The van der Waals surface area contributed by atoms with Gasteiger partial charge in [0.25, 0.3) is 5.91 Å². The predicted octanol–water partition coefficient (Wildman–Crippen LogP) is 2.56. The van der Waals surface area contributed by atoms with Crippen LogP contribution in [0.15, 0.2) is 24.3 Å². The number of rotatable bonds is 6. The number of amides is 1. The molecule has 1 unspecified atom stereocenters. The summed E-state index contributed by atoms with van der Waals surface area (Å²) in [6.07, 6.45) is 0. The Labute approximate surface area is 141 Å². The van der Waals surface area contributed by atoms with Crippen LogP contribution in [0.2, 0.25) is 5.02 Å². The molecular weight excluding hydrogens is 314 g/mol. The van der Waals surface area contributed by atoms with Crippen molar-refractivity contribution < 1.29 is 9.90 Å². The van der Waals surface area contributed by atoms with Gasteiger partial charge in [0.2, 0.25) is 0 Å². The Morgan fingerprint density at radius 2 is 2.09 bits per heavy atom. The number of benzene rings is 1. The lowest BCUT2D eigenvalue weighted by molar-refractivity contribution is 0.0941. The van der Waals surface area contributed by atoms with E-state index in [0.29, 0.717) is 29.4 Å². The number of nitrogens with zero attached hydrogens (tertiary/aromatic N) is 2. The van der Waals surface area contributed by atoms with Gasteiger partial charge in [-0.05, 0) is 31.4 Å².